The van der Waals surface area contributed by atoms with Gasteiger partial charge in [0.05, 0.1) is 19.3 Å². The van der Waals surface area contributed by atoms with E-state index in [0.717, 1.165) is 30.3 Å². The van der Waals surface area contributed by atoms with E-state index in [4.69, 9.17) is 9.47 Å². The number of hydrogen-bond donors (Lipinski definition) is 0. The fourth-order valence-corrected chi connectivity index (χ4v) is 5.12. The van der Waals surface area contributed by atoms with Gasteiger partial charge in [0.15, 0.2) is 0 Å². The van der Waals surface area contributed by atoms with Gasteiger partial charge >= 0.3 is 0 Å². The van der Waals surface area contributed by atoms with Gasteiger partial charge < -0.3 is 9.47 Å². The Hall–Kier alpha value is -0.670. The SMILES string of the molecule is CCCC1CC(CSC)O[C@@H]2Cc3c(cccc3OC)CC2C1. The van der Waals surface area contributed by atoms with Crippen LogP contribution >= 0.6 is 11.8 Å². The van der Waals surface area contributed by atoms with E-state index in [1.54, 1.807) is 7.11 Å². The highest BCUT2D eigenvalue weighted by atomic mass is 32.2. The molecule has 0 radical (unpaired) electrons. The summed E-state index contributed by atoms with van der Waals surface area (Å²) in [6, 6.07) is 6.51. The van der Waals surface area contributed by atoms with Gasteiger partial charge in [-0.05, 0) is 54.5 Å². The van der Waals surface area contributed by atoms with Crippen LogP contribution in [0.5, 0.6) is 5.75 Å². The smallest absolute Gasteiger partial charge is 0.122 e. The van der Waals surface area contributed by atoms with Crippen molar-refractivity contribution in [1.29, 1.82) is 0 Å². The van der Waals surface area contributed by atoms with Gasteiger partial charge in [-0.25, -0.2) is 0 Å². The van der Waals surface area contributed by atoms with E-state index in [9.17, 15) is 0 Å². The Morgan fingerprint density at radius 1 is 1.26 bits per heavy atom. The number of rotatable bonds is 5. The van der Waals surface area contributed by atoms with Gasteiger partial charge in [-0.1, -0.05) is 31.9 Å². The van der Waals surface area contributed by atoms with Crippen molar-refractivity contribution in [1.82, 2.24) is 0 Å². The highest BCUT2D eigenvalue weighted by Gasteiger charge is 2.37. The average Bonchev–Trinajstić information content (AvgIpc) is 2.71. The van der Waals surface area contributed by atoms with Gasteiger partial charge in [0, 0.05) is 12.2 Å². The van der Waals surface area contributed by atoms with Crippen LogP contribution in [-0.4, -0.2) is 31.3 Å². The van der Waals surface area contributed by atoms with Crippen molar-refractivity contribution in [3.8, 4) is 5.75 Å². The maximum absolute atomic E-state index is 6.61. The van der Waals surface area contributed by atoms with Gasteiger partial charge in [-0.15, -0.1) is 0 Å². The lowest BCUT2D eigenvalue weighted by Gasteiger charge is -2.34. The highest BCUT2D eigenvalue weighted by molar-refractivity contribution is 7.98. The molecule has 23 heavy (non-hydrogen) atoms. The second kappa shape index (κ2) is 7.94. The minimum Gasteiger partial charge on any atom is -0.496 e. The summed E-state index contributed by atoms with van der Waals surface area (Å²) < 4.78 is 12.2. The van der Waals surface area contributed by atoms with Crippen molar-refractivity contribution in [2.24, 2.45) is 11.8 Å². The Kier molecular flexibility index (Phi) is 5.92. The van der Waals surface area contributed by atoms with Gasteiger partial charge in [-0.3, -0.25) is 0 Å². The van der Waals surface area contributed by atoms with Crippen molar-refractivity contribution in [3.05, 3.63) is 29.3 Å². The fourth-order valence-electron chi connectivity index (χ4n) is 4.54. The van der Waals surface area contributed by atoms with Crippen LogP contribution in [0.1, 0.15) is 43.7 Å². The zero-order valence-corrected chi connectivity index (χ0v) is 15.5. The second-order valence-corrected chi connectivity index (χ2v) is 8.05. The van der Waals surface area contributed by atoms with E-state index < -0.39 is 0 Å². The van der Waals surface area contributed by atoms with Crippen molar-refractivity contribution >= 4 is 11.8 Å². The van der Waals surface area contributed by atoms with Gasteiger partial charge in [0.1, 0.15) is 5.75 Å². The molecule has 128 valence electrons. The molecule has 3 rings (SSSR count). The first-order valence-corrected chi connectivity index (χ1v) is 10.4. The predicted octanol–water partition coefficient (Wildman–Crippen LogP) is 4.74. The minimum atomic E-state index is 0.373. The van der Waals surface area contributed by atoms with Crippen LogP contribution in [-0.2, 0) is 17.6 Å². The number of methoxy groups -OCH3 is 1. The number of hydrogen-bond acceptors (Lipinski definition) is 3. The molecule has 2 nitrogen and oxygen atoms in total. The Balaban J connectivity index is 1.83. The normalized spacial score (nSPS) is 30.2. The molecule has 3 heteroatoms. The summed E-state index contributed by atoms with van der Waals surface area (Å²) in [6.45, 7) is 2.31. The van der Waals surface area contributed by atoms with E-state index in [1.165, 1.54) is 36.8 Å². The van der Waals surface area contributed by atoms with Crippen LogP contribution in [0.3, 0.4) is 0 Å². The maximum atomic E-state index is 6.61. The molecular formula is C20H30O2S. The minimum absolute atomic E-state index is 0.373. The van der Waals surface area contributed by atoms with Crippen LogP contribution in [0.4, 0.5) is 0 Å². The molecule has 0 spiro atoms. The van der Waals surface area contributed by atoms with Gasteiger partial charge in [0.25, 0.3) is 0 Å². The van der Waals surface area contributed by atoms with Crippen molar-refractivity contribution < 1.29 is 9.47 Å². The molecule has 1 aliphatic heterocycles. The number of ether oxygens (including phenoxy) is 2. The van der Waals surface area contributed by atoms with Crippen LogP contribution in [0.25, 0.3) is 0 Å². The Bertz CT molecular complexity index is 516. The zero-order valence-electron chi connectivity index (χ0n) is 14.7. The molecular weight excluding hydrogens is 304 g/mol. The average molecular weight is 335 g/mol. The lowest BCUT2D eigenvalue weighted by Crippen LogP contribution is -2.34. The molecule has 3 unspecified atom stereocenters. The molecule has 4 atom stereocenters. The quantitative estimate of drug-likeness (QED) is 0.775. The Morgan fingerprint density at radius 2 is 2.13 bits per heavy atom. The standard InChI is InChI=1S/C20H30O2S/c1-4-6-14-9-16-11-15-7-5-8-19(21-2)18(15)12-20(16)22-17(10-14)13-23-3/h5,7-8,14,16-17,20H,4,6,9-13H2,1-3H3/t14?,16?,17?,20-/m1/s1. The summed E-state index contributed by atoms with van der Waals surface area (Å²) in [4.78, 5) is 0. The monoisotopic (exact) mass is 334 g/mol. The molecule has 1 aromatic carbocycles. The first-order valence-electron chi connectivity index (χ1n) is 9.04. The second-order valence-electron chi connectivity index (χ2n) is 7.14. The number of fused-ring (bicyclic) bond motifs is 2. The maximum Gasteiger partial charge on any atom is 0.122 e. The predicted molar refractivity (Wildman–Crippen MR) is 98.6 cm³/mol. The van der Waals surface area contributed by atoms with Gasteiger partial charge in [-0.2, -0.15) is 11.8 Å². The third kappa shape index (κ3) is 3.88. The number of thioether (sulfide) groups is 1. The molecule has 1 aliphatic carbocycles. The largest absolute Gasteiger partial charge is 0.496 e. The molecule has 1 fully saturated rings. The molecule has 1 aromatic rings. The molecule has 1 heterocycles. The number of benzene rings is 1. The third-order valence-electron chi connectivity index (χ3n) is 5.51. The first-order chi connectivity index (χ1) is 11.2. The highest BCUT2D eigenvalue weighted by Crippen LogP contribution is 2.40. The Labute approximate surface area is 145 Å². The molecule has 0 amide bonds. The van der Waals surface area contributed by atoms with E-state index in [0.29, 0.717) is 18.1 Å². The van der Waals surface area contributed by atoms with Crippen LogP contribution in [0.2, 0.25) is 0 Å². The first kappa shape index (κ1) is 17.2. The Morgan fingerprint density at radius 3 is 2.87 bits per heavy atom. The molecule has 2 aliphatic rings. The van der Waals surface area contributed by atoms with E-state index in [1.807, 2.05) is 11.8 Å². The van der Waals surface area contributed by atoms with Crippen LogP contribution < -0.4 is 4.74 Å². The van der Waals surface area contributed by atoms with Crippen molar-refractivity contribution in [3.63, 3.8) is 0 Å². The molecule has 0 N–H and O–H groups in total. The summed E-state index contributed by atoms with van der Waals surface area (Å²) in [5.74, 6) is 3.68. The molecule has 1 saturated heterocycles. The van der Waals surface area contributed by atoms with Crippen LogP contribution in [0.15, 0.2) is 18.2 Å². The summed E-state index contributed by atoms with van der Waals surface area (Å²) >= 11 is 1.92. The fraction of sp³-hybridized carbons (Fsp3) is 0.700. The zero-order chi connectivity index (χ0) is 16.2. The van der Waals surface area contributed by atoms with Crippen molar-refractivity contribution in [2.45, 2.75) is 57.7 Å². The summed E-state index contributed by atoms with van der Waals surface area (Å²) in [5, 5.41) is 0. The lowest BCUT2D eigenvalue weighted by atomic mass is 9.76. The summed E-state index contributed by atoms with van der Waals surface area (Å²) in [5.41, 5.74) is 2.86. The lowest BCUT2D eigenvalue weighted by molar-refractivity contribution is -0.0247. The van der Waals surface area contributed by atoms with Crippen LogP contribution in [0, 0.1) is 11.8 Å². The van der Waals surface area contributed by atoms with Crippen molar-refractivity contribution in [2.75, 3.05) is 19.1 Å². The van der Waals surface area contributed by atoms with Gasteiger partial charge in [0.2, 0.25) is 0 Å². The topological polar surface area (TPSA) is 18.5 Å². The van der Waals surface area contributed by atoms with E-state index >= 15 is 0 Å². The summed E-state index contributed by atoms with van der Waals surface area (Å²) in [7, 11) is 1.78. The molecule has 0 saturated carbocycles. The van der Waals surface area contributed by atoms with E-state index in [2.05, 4.69) is 31.4 Å². The summed E-state index contributed by atoms with van der Waals surface area (Å²) in [6.07, 6.45) is 10.4. The van der Waals surface area contributed by atoms with E-state index in [-0.39, 0.29) is 0 Å². The third-order valence-corrected chi connectivity index (χ3v) is 6.22. The molecule has 0 aromatic heterocycles. The molecule has 0 bridgehead atoms.